The summed E-state index contributed by atoms with van der Waals surface area (Å²) in [7, 11) is 0. The Morgan fingerprint density at radius 3 is 2.75 bits per heavy atom. The molecule has 16 heavy (non-hydrogen) atoms. The smallest absolute Gasteiger partial charge is 0.356 e. The molecular weight excluding hydrogens is 242 g/mol. The number of carboxylic acids is 1. The molecule has 0 radical (unpaired) electrons. The second-order valence-corrected chi connectivity index (χ2v) is 5.38. The zero-order valence-electron chi connectivity index (χ0n) is 8.98. The monoisotopic (exact) mass is 253 g/mol. The van der Waals surface area contributed by atoms with Gasteiger partial charge in [-0.15, -0.1) is 22.7 Å². The Labute approximate surface area is 101 Å². The number of hydrogen-bond donors (Lipinski definition) is 1. The fraction of sp³-hybridized carbons (Fsp3) is 0.273. The Morgan fingerprint density at radius 2 is 2.25 bits per heavy atom. The van der Waals surface area contributed by atoms with E-state index in [0.717, 1.165) is 26.7 Å². The third-order valence-corrected chi connectivity index (χ3v) is 4.63. The fourth-order valence-corrected chi connectivity index (χ4v) is 3.56. The summed E-state index contributed by atoms with van der Waals surface area (Å²) in [5.74, 6) is -0.946. The summed E-state index contributed by atoms with van der Waals surface area (Å²) in [6, 6.07) is 2.00. The Balaban J connectivity index is 2.59. The van der Waals surface area contributed by atoms with Gasteiger partial charge in [0.05, 0.1) is 9.88 Å². The van der Waals surface area contributed by atoms with Crippen molar-refractivity contribution in [2.45, 2.75) is 20.3 Å². The molecule has 2 heterocycles. The van der Waals surface area contributed by atoms with E-state index in [2.05, 4.69) is 4.98 Å². The summed E-state index contributed by atoms with van der Waals surface area (Å²) >= 11 is 3.04. The van der Waals surface area contributed by atoms with Gasteiger partial charge in [0.15, 0.2) is 5.69 Å². The quantitative estimate of drug-likeness (QED) is 0.911. The van der Waals surface area contributed by atoms with Gasteiger partial charge in [-0.3, -0.25) is 0 Å². The molecule has 2 aromatic rings. The molecule has 84 valence electrons. The molecule has 0 amide bonds. The second-order valence-electron chi connectivity index (χ2n) is 3.38. The molecule has 0 atom stereocenters. The van der Waals surface area contributed by atoms with Gasteiger partial charge in [0.1, 0.15) is 0 Å². The van der Waals surface area contributed by atoms with Crippen LogP contribution in [0.1, 0.15) is 28.0 Å². The van der Waals surface area contributed by atoms with Gasteiger partial charge in [-0.05, 0) is 30.4 Å². The summed E-state index contributed by atoms with van der Waals surface area (Å²) < 4.78 is 0. The van der Waals surface area contributed by atoms with Crippen LogP contribution in [0.3, 0.4) is 0 Å². The normalized spacial score (nSPS) is 10.6. The molecule has 0 bridgehead atoms. The van der Waals surface area contributed by atoms with Crippen LogP contribution >= 0.6 is 22.7 Å². The SMILES string of the molecule is CCc1nc(C(=O)O)c(-c2sccc2C)s1. The summed E-state index contributed by atoms with van der Waals surface area (Å²) in [5, 5.41) is 12.0. The molecule has 5 heteroatoms. The number of hydrogen-bond acceptors (Lipinski definition) is 4. The number of aromatic carboxylic acids is 1. The van der Waals surface area contributed by atoms with Crippen molar-refractivity contribution >= 4 is 28.6 Å². The van der Waals surface area contributed by atoms with Crippen molar-refractivity contribution in [3.8, 4) is 9.75 Å². The van der Waals surface area contributed by atoms with Gasteiger partial charge in [0.2, 0.25) is 0 Å². The van der Waals surface area contributed by atoms with Gasteiger partial charge in [0.25, 0.3) is 0 Å². The zero-order chi connectivity index (χ0) is 11.7. The summed E-state index contributed by atoms with van der Waals surface area (Å²) in [4.78, 5) is 17.1. The van der Waals surface area contributed by atoms with Crippen LogP contribution in [0, 0.1) is 6.92 Å². The first-order valence-corrected chi connectivity index (χ1v) is 6.60. The number of aryl methyl sites for hydroxylation is 2. The third kappa shape index (κ3) is 1.88. The van der Waals surface area contributed by atoms with Crippen LogP contribution in [0.4, 0.5) is 0 Å². The van der Waals surface area contributed by atoms with E-state index in [1.807, 2.05) is 25.3 Å². The van der Waals surface area contributed by atoms with Crippen LogP contribution in [0.25, 0.3) is 9.75 Å². The van der Waals surface area contributed by atoms with E-state index in [9.17, 15) is 4.79 Å². The number of thiophene rings is 1. The largest absolute Gasteiger partial charge is 0.476 e. The lowest BCUT2D eigenvalue weighted by Crippen LogP contribution is -1.98. The average molecular weight is 253 g/mol. The summed E-state index contributed by atoms with van der Waals surface area (Å²) in [6.07, 6.45) is 0.773. The van der Waals surface area contributed by atoms with Crippen LogP contribution in [-0.4, -0.2) is 16.1 Å². The first kappa shape index (κ1) is 11.3. The Morgan fingerprint density at radius 1 is 1.50 bits per heavy atom. The van der Waals surface area contributed by atoms with Crippen molar-refractivity contribution in [2.24, 2.45) is 0 Å². The topological polar surface area (TPSA) is 50.2 Å². The first-order valence-electron chi connectivity index (χ1n) is 4.91. The van der Waals surface area contributed by atoms with Gasteiger partial charge < -0.3 is 5.11 Å². The minimum absolute atomic E-state index is 0.187. The van der Waals surface area contributed by atoms with Gasteiger partial charge >= 0.3 is 5.97 Å². The van der Waals surface area contributed by atoms with E-state index < -0.39 is 5.97 Å². The van der Waals surface area contributed by atoms with Gasteiger partial charge in [-0.2, -0.15) is 0 Å². The molecule has 1 N–H and O–H groups in total. The van der Waals surface area contributed by atoms with Gasteiger partial charge in [-0.1, -0.05) is 6.92 Å². The van der Waals surface area contributed by atoms with Crippen molar-refractivity contribution in [1.29, 1.82) is 0 Å². The molecule has 0 unspecified atom stereocenters. The van der Waals surface area contributed by atoms with Crippen LogP contribution in [0.5, 0.6) is 0 Å². The minimum Gasteiger partial charge on any atom is -0.476 e. The van der Waals surface area contributed by atoms with Gasteiger partial charge in [0, 0.05) is 4.88 Å². The van der Waals surface area contributed by atoms with E-state index in [4.69, 9.17) is 5.11 Å². The van der Waals surface area contributed by atoms with Crippen molar-refractivity contribution in [2.75, 3.05) is 0 Å². The lowest BCUT2D eigenvalue weighted by Gasteiger charge is -1.96. The van der Waals surface area contributed by atoms with Crippen molar-refractivity contribution in [3.05, 3.63) is 27.7 Å². The van der Waals surface area contributed by atoms with E-state index in [1.165, 1.54) is 11.3 Å². The molecule has 0 saturated carbocycles. The van der Waals surface area contributed by atoms with E-state index in [1.54, 1.807) is 11.3 Å². The molecule has 2 aromatic heterocycles. The molecule has 3 nitrogen and oxygen atoms in total. The van der Waals surface area contributed by atoms with Crippen molar-refractivity contribution in [1.82, 2.24) is 4.98 Å². The molecule has 0 aliphatic heterocycles. The van der Waals surface area contributed by atoms with Crippen LogP contribution in [0.15, 0.2) is 11.4 Å². The Bertz CT molecular complexity index is 528. The lowest BCUT2D eigenvalue weighted by molar-refractivity contribution is 0.0692. The van der Waals surface area contributed by atoms with Crippen molar-refractivity contribution < 1.29 is 9.90 Å². The number of nitrogens with zero attached hydrogens (tertiary/aromatic N) is 1. The molecular formula is C11H11NO2S2. The molecule has 0 aliphatic rings. The number of carboxylic acid groups (broad SMARTS) is 1. The maximum absolute atomic E-state index is 11.1. The van der Waals surface area contributed by atoms with Gasteiger partial charge in [-0.25, -0.2) is 9.78 Å². The maximum Gasteiger partial charge on any atom is 0.356 e. The highest BCUT2D eigenvalue weighted by Gasteiger charge is 2.20. The predicted octanol–water partition coefficient (Wildman–Crippen LogP) is 3.44. The molecule has 2 rings (SSSR count). The molecule has 0 spiro atoms. The summed E-state index contributed by atoms with van der Waals surface area (Å²) in [5.41, 5.74) is 1.30. The van der Waals surface area contributed by atoms with Crippen molar-refractivity contribution in [3.63, 3.8) is 0 Å². The Kier molecular flexibility index (Phi) is 3.07. The number of carbonyl (C=O) groups is 1. The number of thiazole rings is 1. The lowest BCUT2D eigenvalue weighted by atomic mass is 10.2. The van der Waals surface area contributed by atoms with E-state index in [-0.39, 0.29) is 5.69 Å². The van der Waals surface area contributed by atoms with E-state index in [0.29, 0.717) is 0 Å². The second kappa shape index (κ2) is 4.35. The van der Waals surface area contributed by atoms with Crippen LogP contribution in [0.2, 0.25) is 0 Å². The molecule has 0 aromatic carbocycles. The highest BCUT2D eigenvalue weighted by atomic mass is 32.1. The standard InChI is InChI=1S/C11H11NO2S2/c1-3-7-12-8(11(13)14)10(16-7)9-6(2)4-5-15-9/h4-5H,3H2,1-2H3,(H,13,14). The highest BCUT2D eigenvalue weighted by molar-refractivity contribution is 7.21. The highest BCUT2D eigenvalue weighted by Crippen LogP contribution is 2.36. The number of aromatic nitrogens is 1. The predicted molar refractivity (Wildman–Crippen MR) is 66.5 cm³/mol. The molecule has 0 fully saturated rings. The molecule has 0 aliphatic carbocycles. The minimum atomic E-state index is -0.946. The maximum atomic E-state index is 11.1. The Hall–Kier alpha value is -1.20. The third-order valence-electron chi connectivity index (χ3n) is 2.24. The average Bonchev–Trinajstić information content (AvgIpc) is 2.82. The van der Waals surface area contributed by atoms with Crippen LogP contribution < -0.4 is 0 Å². The summed E-state index contributed by atoms with van der Waals surface area (Å²) in [6.45, 7) is 3.97. The first-order chi connectivity index (χ1) is 7.63. The fourth-order valence-electron chi connectivity index (χ4n) is 1.42. The number of rotatable bonds is 3. The molecule has 0 saturated heterocycles. The zero-order valence-corrected chi connectivity index (χ0v) is 10.6. The van der Waals surface area contributed by atoms with E-state index >= 15 is 0 Å². The van der Waals surface area contributed by atoms with Crippen LogP contribution in [-0.2, 0) is 6.42 Å².